The second-order valence-electron chi connectivity index (χ2n) is 7.01. The summed E-state index contributed by atoms with van der Waals surface area (Å²) in [6.07, 6.45) is 1.19. The van der Waals surface area contributed by atoms with Crippen molar-refractivity contribution in [3.05, 3.63) is 69.7 Å². The maximum atomic E-state index is 12.4. The number of rotatable bonds is 9. The number of nitrogens with one attached hydrogen (secondary N) is 1. The molecule has 1 aliphatic rings. The molecule has 32 heavy (non-hydrogen) atoms. The monoisotopic (exact) mass is 470 g/mol. The van der Waals surface area contributed by atoms with E-state index in [1.54, 1.807) is 48.5 Å². The average molecular weight is 471 g/mol. The van der Waals surface area contributed by atoms with Crippen LogP contribution in [0.5, 0.6) is 5.75 Å². The Balaban J connectivity index is 1.20. The van der Waals surface area contributed by atoms with E-state index in [0.29, 0.717) is 51.5 Å². The fourth-order valence-electron chi connectivity index (χ4n) is 3.19. The number of hydrogen-bond donors (Lipinski definition) is 1. The van der Waals surface area contributed by atoms with Crippen LogP contribution in [-0.4, -0.2) is 46.0 Å². The quantitative estimate of drug-likeness (QED) is 0.376. The molecule has 2 aromatic carbocycles. The van der Waals surface area contributed by atoms with Crippen molar-refractivity contribution in [1.82, 2.24) is 15.1 Å². The average Bonchev–Trinajstić information content (AvgIpc) is 3.33. The van der Waals surface area contributed by atoms with Crippen molar-refractivity contribution in [2.45, 2.75) is 19.3 Å². The highest BCUT2D eigenvalue weighted by atomic mass is 35.5. The first-order chi connectivity index (χ1) is 15.5. The van der Waals surface area contributed by atoms with Gasteiger partial charge in [0.05, 0.1) is 17.7 Å². The molecule has 3 aromatic rings. The van der Waals surface area contributed by atoms with Crippen LogP contribution in [-0.2, 0) is 11.2 Å². The molecule has 0 bridgehead atoms. The van der Waals surface area contributed by atoms with Gasteiger partial charge in [0, 0.05) is 24.4 Å². The van der Waals surface area contributed by atoms with Crippen LogP contribution in [0.1, 0.15) is 38.6 Å². The lowest BCUT2D eigenvalue weighted by Gasteiger charge is -2.12. The Hall–Kier alpha value is -3.30. The number of ether oxygens (including phenoxy) is 1. The van der Waals surface area contributed by atoms with E-state index in [4.69, 9.17) is 16.3 Å². The van der Waals surface area contributed by atoms with E-state index in [-0.39, 0.29) is 30.7 Å². The van der Waals surface area contributed by atoms with Crippen LogP contribution in [0, 0.1) is 0 Å². The number of nitrogens with zero attached hydrogens (tertiary/aromatic N) is 3. The molecule has 0 saturated heterocycles. The molecule has 0 spiro atoms. The first kappa shape index (κ1) is 21.9. The van der Waals surface area contributed by atoms with Crippen molar-refractivity contribution < 1.29 is 19.1 Å². The second kappa shape index (κ2) is 9.88. The Morgan fingerprint density at radius 1 is 1.03 bits per heavy atom. The Labute approximate surface area is 193 Å². The third-order valence-corrected chi connectivity index (χ3v) is 5.92. The van der Waals surface area contributed by atoms with Gasteiger partial charge in [-0.1, -0.05) is 35.1 Å². The molecule has 0 radical (unpaired) electrons. The number of benzene rings is 2. The van der Waals surface area contributed by atoms with Crippen molar-refractivity contribution in [2.24, 2.45) is 0 Å². The Morgan fingerprint density at radius 3 is 2.41 bits per heavy atom. The van der Waals surface area contributed by atoms with Crippen LogP contribution in [0.4, 0.5) is 5.13 Å². The van der Waals surface area contributed by atoms with Crippen molar-refractivity contribution in [1.29, 1.82) is 0 Å². The van der Waals surface area contributed by atoms with Gasteiger partial charge in [-0.3, -0.25) is 19.3 Å². The summed E-state index contributed by atoms with van der Waals surface area (Å²) < 4.78 is 5.56. The van der Waals surface area contributed by atoms with E-state index in [9.17, 15) is 14.4 Å². The van der Waals surface area contributed by atoms with E-state index in [0.717, 1.165) is 0 Å². The number of anilines is 1. The lowest BCUT2D eigenvalue weighted by Crippen LogP contribution is -2.31. The van der Waals surface area contributed by atoms with Gasteiger partial charge in [0.25, 0.3) is 11.8 Å². The predicted octanol–water partition coefficient (Wildman–Crippen LogP) is 3.83. The molecule has 0 saturated carbocycles. The van der Waals surface area contributed by atoms with E-state index < -0.39 is 0 Å². The molecule has 8 nitrogen and oxygen atoms in total. The van der Waals surface area contributed by atoms with Crippen molar-refractivity contribution in [3.63, 3.8) is 0 Å². The smallest absolute Gasteiger partial charge is 0.261 e. The fourth-order valence-corrected chi connectivity index (χ4v) is 4.06. The van der Waals surface area contributed by atoms with E-state index in [1.807, 2.05) is 0 Å². The molecule has 0 unspecified atom stereocenters. The number of aromatic nitrogens is 2. The van der Waals surface area contributed by atoms with E-state index in [2.05, 4.69) is 15.5 Å². The molecule has 3 amide bonds. The first-order valence-electron chi connectivity index (χ1n) is 9.97. The number of carbonyl (C=O) groups excluding carboxylic acids is 3. The van der Waals surface area contributed by atoms with Crippen LogP contribution in [0.2, 0.25) is 5.02 Å². The van der Waals surface area contributed by atoms with Crippen LogP contribution >= 0.6 is 22.9 Å². The molecule has 1 N–H and O–H groups in total. The van der Waals surface area contributed by atoms with E-state index >= 15 is 0 Å². The molecule has 1 aliphatic heterocycles. The zero-order valence-electron chi connectivity index (χ0n) is 16.9. The number of halogens is 1. The Kier molecular flexibility index (Phi) is 6.77. The molecule has 1 aromatic heterocycles. The summed E-state index contributed by atoms with van der Waals surface area (Å²) in [5.74, 6) is -0.0942. The first-order valence-corrected chi connectivity index (χ1v) is 11.2. The van der Waals surface area contributed by atoms with Gasteiger partial charge in [0.1, 0.15) is 10.8 Å². The van der Waals surface area contributed by atoms with Gasteiger partial charge < -0.3 is 10.1 Å². The van der Waals surface area contributed by atoms with Crippen LogP contribution < -0.4 is 10.1 Å². The number of amides is 3. The third kappa shape index (κ3) is 5.12. The number of fused-ring (bicyclic) bond motifs is 1. The van der Waals surface area contributed by atoms with Crippen LogP contribution in [0.15, 0.2) is 48.5 Å². The molecule has 2 heterocycles. The summed E-state index contributed by atoms with van der Waals surface area (Å²) in [5.41, 5.74) is 0.838. The van der Waals surface area contributed by atoms with Crippen molar-refractivity contribution in [3.8, 4) is 5.75 Å². The molecule has 0 atom stereocenters. The Bertz CT molecular complexity index is 1110. The summed E-state index contributed by atoms with van der Waals surface area (Å²) in [6, 6.07) is 13.8. The maximum absolute atomic E-state index is 12.4. The molecular formula is C22H19ClN4O4S. The predicted molar refractivity (Wildman–Crippen MR) is 120 cm³/mol. The zero-order valence-corrected chi connectivity index (χ0v) is 18.5. The topological polar surface area (TPSA) is 101 Å². The van der Waals surface area contributed by atoms with Gasteiger partial charge in [-0.2, -0.15) is 0 Å². The van der Waals surface area contributed by atoms with Gasteiger partial charge in [-0.15, -0.1) is 10.2 Å². The molecule has 0 aliphatic carbocycles. The summed E-state index contributed by atoms with van der Waals surface area (Å²) in [4.78, 5) is 38.1. The van der Waals surface area contributed by atoms with E-state index in [1.165, 1.54) is 16.2 Å². The minimum absolute atomic E-state index is 0.187. The Morgan fingerprint density at radius 2 is 1.72 bits per heavy atom. The lowest BCUT2D eigenvalue weighted by molar-refractivity contribution is -0.116. The van der Waals surface area contributed by atoms with Gasteiger partial charge >= 0.3 is 0 Å². The van der Waals surface area contributed by atoms with Gasteiger partial charge in [0.15, 0.2) is 0 Å². The molecule has 0 fully saturated rings. The van der Waals surface area contributed by atoms with Gasteiger partial charge in [-0.25, -0.2) is 0 Å². The molecule has 4 rings (SSSR count). The van der Waals surface area contributed by atoms with Crippen LogP contribution in [0.3, 0.4) is 0 Å². The highest BCUT2D eigenvalue weighted by Gasteiger charge is 2.34. The van der Waals surface area contributed by atoms with Crippen molar-refractivity contribution >= 4 is 45.8 Å². The highest BCUT2D eigenvalue weighted by molar-refractivity contribution is 7.15. The summed E-state index contributed by atoms with van der Waals surface area (Å²) in [5, 5.41) is 12.4. The largest absolute Gasteiger partial charge is 0.494 e. The van der Waals surface area contributed by atoms with Gasteiger partial charge in [0.2, 0.25) is 11.0 Å². The van der Waals surface area contributed by atoms with Gasteiger partial charge in [-0.05, 0) is 42.8 Å². The normalized spacial score (nSPS) is 12.7. The SMILES string of the molecule is O=C(CCCOc1ccc(Cl)cc1)Nc1nnc(CCN2C(=O)c3ccccc3C2=O)s1. The zero-order chi connectivity index (χ0) is 22.5. The number of imide groups is 1. The molecular weight excluding hydrogens is 452 g/mol. The minimum Gasteiger partial charge on any atom is -0.494 e. The van der Waals surface area contributed by atoms with Crippen molar-refractivity contribution in [2.75, 3.05) is 18.5 Å². The summed E-state index contributed by atoms with van der Waals surface area (Å²) in [6.45, 7) is 0.605. The minimum atomic E-state index is -0.301. The third-order valence-electron chi connectivity index (χ3n) is 4.77. The highest BCUT2D eigenvalue weighted by Crippen LogP contribution is 2.23. The summed E-state index contributed by atoms with van der Waals surface area (Å²) >= 11 is 7.05. The number of hydrogen-bond acceptors (Lipinski definition) is 7. The molecule has 10 heteroatoms. The summed E-state index contributed by atoms with van der Waals surface area (Å²) in [7, 11) is 0. The van der Waals surface area contributed by atoms with Crippen LogP contribution in [0.25, 0.3) is 0 Å². The second-order valence-corrected chi connectivity index (χ2v) is 8.51. The standard InChI is InChI=1S/C22H19ClN4O4S/c23-14-7-9-15(10-8-14)31-13-3-6-18(28)24-22-26-25-19(32-22)11-12-27-20(29)16-4-1-2-5-17(16)21(27)30/h1-2,4-5,7-10H,3,6,11-13H2,(H,24,26,28). The number of carbonyl (C=O) groups is 3. The maximum Gasteiger partial charge on any atom is 0.261 e. The lowest BCUT2D eigenvalue weighted by atomic mass is 10.1. The fraction of sp³-hybridized carbons (Fsp3) is 0.227. The molecule has 164 valence electrons.